The number of nitrogens with one attached hydrogen (secondary N) is 1. The van der Waals surface area contributed by atoms with Crippen molar-refractivity contribution in [2.75, 3.05) is 40.4 Å². The van der Waals surface area contributed by atoms with E-state index in [0.717, 1.165) is 55.3 Å². The topological polar surface area (TPSA) is 72.5 Å². The molecule has 0 unspecified atom stereocenters. The monoisotopic (exact) mass is 529 g/mol. The second kappa shape index (κ2) is 11.3. The largest absolute Gasteiger partial charge is 0.493 e. The molecule has 0 saturated carbocycles. The molecule has 0 spiro atoms. The van der Waals surface area contributed by atoms with Crippen molar-refractivity contribution in [2.24, 2.45) is 0 Å². The summed E-state index contributed by atoms with van der Waals surface area (Å²) in [5, 5.41) is 3.27. The minimum Gasteiger partial charge on any atom is -0.493 e. The molecule has 0 aromatic heterocycles. The second-order valence-electron chi connectivity index (χ2n) is 10.7. The molecule has 3 aromatic rings. The lowest BCUT2D eigenvalue weighted by Gasteiger charge is -2.23. The molecule has 1 saturated heterocycles. The van der Waals surface area contributed by atoms with Crippen LogP contribution in [0.15, 0.2) is 60.7 Å². The Kier molecular flexibility index (Phi) is 7.41. The number of hydrogen-bond donors (Lipinski definition) is 1. The first kappa shape index (κ1) is 25.7. The van der Waals surface area contributed by atoms with Crippen LogP contribution in [0, 0.1) is 0 Å². The third kappa shape index (κ3) is 6.03. The van der Waals surface area contributed by atoms with E-state index in [0.29, 0.717) is 24.7 Å². The molecule has 3 aliphatic heterocycles. The van der Waals surface area contributed by atoms with Gasteiger partial charge in [0.2, 0.25) is 5.91 Å². The van der Waals surface area contributed by atoms with E-state index in [1.807, 2.05) is 54.4 Å². The van der Waals surface area contributed by atoms with Gasteiger partial charge in [0.25, 0.3) is 0 Å². The lowest BCUT2D eigenvalue weighted by atomic mass is 10.1. The van der Waals surface area contributed by atoms with Crippen molar-refractivity contribution in [3.8, 4) is 23.0 Å². The van der Waals surface area contributed by atoms with Gasteiger partial charge in [-0.3, -0.25) is 14.6 Å². The average molecular weight is 530 g/mol. The van der Waals surface area contributed by atoms with Crippen molar-refractivity contribution in [3.63, 3.8) is 0 Å². The van der Waals surface area contributed by atoms with Gasteiger partial charge >= 0.3 is 0 Å². The van der Waals surface area contributed by atoms with Crippen LogP contribution < -0.4 is 19.5 Å². The molecule has 1 fully saturated rings. The second-order valence-corrected chi connectivity index (χ2v) is 10.7. The molecule has 4 bridgehead atoms. The molecule has 39 heavy (non-hydrogen) atoms. The number of fused-ring (bicyclic) bond motifs is 6. The van der Waals surface area contributed by atoms with Crippen molar-refractivity contribution >= 4 is 5.91 Å². The maximum Gasteiger partial charge on any atom is 0.234 e. The number of ether oxygens (including phenoxy) is 4. The summed E-state index contributed by atoms with van der Waals surface area (Å²) >= 11 is 0. The third-order valence-corrected chi connectivity index (χ3v) is 7.53. The standard InChI is InChI=1S/C31H35N3O5/c1-33-15-22-7-9-28(36-2)29(14-22)39-25-5-3-4-23(13-25)20-38-30-18-34(17-26(30)32-31(35)19-33)16-21-6-8-27-24(12-21)10-11-37-27/h3-9,12-14,26,30H,10-11,15-20H2,1-2H3,(H,32,35)/t26-,30-/m0/s1. The summed E-state index contributed by atoms with van der Waals surface area (Å²) in [6, 6.07) is 20.2. The van der Waals surface area contributed by atoms with Gasteiger partial charge in [-0.15, -0.1) is 0 Å². The van der Waals surface area contributed by atoms with E-state index in [4.69, 9.17) is 18.9 Å². The molecule has 1 N–H and O–H groups in total. The summed E-state index contributed by atoms with van der Waals surface area (Å²) in [6.07, 6.45) is 0.836. The molecule has 0 aliphatic carbocycles. The summed E-state index contributed by atoms with van der Waals surface area (Å²) in [4.78, 5) is 17.5. The highest BCUT2D eigenvalue weighted by atomic mass is 16.5. The van der Waals surface area contributed by atoms with Crippen LogP contribution in [0.4, 0.5) is 0 Å². The quantitative estimate of drug-likeness (QED) is 0.554. The number of methoxy groups -OCH3 is 1. The van der Waals surface area contributed by atoms with Gasteiger partial charge in [-0.2, -0.15) is 0 Å². The fourth-order valence-electron chi connectivity index (χ4n) is 5.68. The Morgan fingerprint density at radius 1 is 1.00 bits per heavy atom. The number of likely N-dealkylation sites (N-methyl/N-ethyl adjacent to an activating group) is 1. The number of carbonyl (C=O) groups excluding carboxylic acids is 1. The maximum absolute atomic E-state index is 13.1. The van der Waals surface area contributed by atoms with Crippen molar-refractivity contribution in [2.45, 2.75) is 38.3 Å². The van der Waals surface area contributed by atoms with Gasteiger partial charge in [0.1, 0.15) is 11.5 Å². The molecule has 2 atom stereocenters. The molecule has 1 amide bonds. The van der Waals surface area contributed by atoms with Crippen LogP contribution in [-0.2, 0) is 35.6 Å². The molecule has 3 heterocycles. The van der Waals surface area contributed by atoms with E-state index < -0.39 is 0 Å². The molecule has 204 valence electrons. The molecule has 3 aromatic carbocycles. The first-order chi connectivity index (χ1) is 19.0. The molecular weight excluding hydrogens is 494 g/mol. The SMILES string of the molecule is COc1ccc2cc1Oc1cccc(c1)CO[C@H]1CN(Cc3ccc4c(c3)CCO4)C[C@@H]1NC(=O)CN(C)C2. The average Bonchev–Trinajstić information content (AvgIpc) is 3.53. The Bertz CT molecular complexity index is 1350. The Hall–Kier alpha value is -3.59. The number of amides is 1. The minimum atomic E-state index is -0.123. The van der Waals surface area contributed by atoms with Gasteiger partial charge in [0.15, 0.2) is 11.5 Å². The number of rotatable bonds is 3. The van der Waals surface area contributed by atoms with E-state index in [2.05, 4.69) is 28.4 Å². The first-order valence-corrected chi connectivity index (χ1v) is 13.5. The summed E-state index contributed by atoms with van der Waals surface area (Å²) in [7, 11) is 3.58. The van der Waals surface area contributed by atoms with Crippen LogP contribution in [0.2, 0.25) is 0 Å². The molecule has 0 radical (unpaired) electrons. The zero-order valence-corrected chi connectivity index (χ0v) is 22.5. The van der Waals surface area contributed by atoms with Crippen molar-refractivity contribution < 1.29 is 23.7 Å². The summed E-state index contributed by atoms with van der Waals surface area (Å²) in [5.41, 5.74) is 4.58. The smallest absolute Gasteiger partial charge is 0.234 e. The molecule has 8 heteroatoms. The molecule has 3 aliphatic rings. The lowest BCUT2D eigenvalue weighted by molar-refractivity contribution is -0.123. The Morgan fingerprint density at radius 3 is 2.82 bits per heavy atom. The van der Waals surface area contributed by atoms with Crippen LogP contribution in [0.1, 0.15) is 22.3 Å². The van der Waals surface area contributed by atoms with Gasteiger partial charge in [-0.1, -0.05) is 30.3 Å². The van der Waals surface area contributed by atoms with Gasteiger partial charge in [-0.05, 0) is 59.6 Å². The normalized spacial score (nSPS) is 21.8. The Morgan fingerprint density at radius 2 is 1.92 bits per heavy atom. The van der Waals surface area contributed by atoms with E-state index in [9.17, 15) is 4.79 Å². The summed E-state index contributed by atoms with van der Waals surface area (Å²) in [6.45, 7) is 4.36. The van der Waals surface area contributed by atoms with Crippen LogP contribution in [0.5, 0.6) is 23.0 Å². The Labute approximate surface area is 229 Å². The van der Waals surface area contributed by atoms with Crippen molar-refractivity contribution in [3.05, 3.63) is 82.9 Å². The van der Waals surface area contributed by atoms with Crippen LogP contribution in [0.3, 0.4) is 0 Å². The zero-order valence-electron chi connectivity index (χ0n) is 22.5. The number of benzene rings is 3. The first-order valence-electron chi connectivity index (χ1n) is 13.5. The van der Waals surface area contributed by atoms with Crippen molar-refractivity contribution in [1.82, 2.24) is 15.1 Å². The number of nitrogens with zero attached hydrogens (tertiary/aromatic N) is 2. The van der Waals surface area contributed by atoms with Crippen LogP contribution in [0.25, 0.3) is 0 Å². The molecule has 6 rings (SSSR count). The van der Waals surface area contributed by atoms with E-state index >= 15 is 0 Å². The van der Waals surface area contributed by atoms with Gasteiger partial charge in [0.05, 0.1) is 39.0 Å². The number of carbonyl (C=O) groups is 1. The Balaban J connectivity index is 1.22. The highest BCUT2D eigenvalue weighted by molar-refractivity contribution is 5.78. The van der Waals surface area contributed by atoms with Gasteiger partial charge < -0.3 is 24.3 Å². The fraction of sp³-hybridized carbons (Fsp3) is 0.387. The van der Waals surface area contributed by atoms with E-state index in [1.54, 1.807) is 7.11 Å². The summed E-state index contributed by atoms with van der Waals surface area (Å²) < 4.78 is 23.9. The highest BCUT2D eigenvalue weighted by Gasteiger charge is 2.35. The predicted octanol–water partition coefficient (Wildman–Crippen LogP) is 3.75. The zero-order chi connectivity index (χ0) is 26.8. The minimum absolute atomic E-state index is 0.00768. The third-order valence-electron chi connectivity index (χ3n) is 7.53. The van der Waals surface area contributed by atoms with Gasteiger partial charge in [-0.25, -0.2) is 0 Å². The summed E-state index contributed by atoms with van der Waals surface area (Å²) in [5.74, 6) is 3.02. The molecule has 8 nitrogen and oxygen atoms in total. The van der Waals surface area contributed by atoms with E-state index in [1.165, 1.54) is 11.1 Å². The number of hydrogen-bond acceptors (Lipinski definition) is 7. The van der Waals surface area contributed by atoms with Crippen molar-refractivity contribution in [1.29, 1.82) is 0 Å². The van der Waals surface area contributed by atoms with Gasteiger partial charge in [0, 0.05) is 32.6 Å². The molecular formula is C31H35N3O5. The van der Waals surface area contributed by atoms with Crippen LogP contribution >= 0.6 is 0 Å². The fourth-order valence-corrected chi connectivity index (χ4v) is 5.68. The van der Waals surface area contributed by atoms with E-state index in [-0.39, 0.29) is 24.6 Å². The maximum atomic E-state index is 13.1. The lowest BCUT2D eigenvalue weighted by Crippen LogP contribution is -2.47. The van der Waals surface area contributed by atoms with Crippen LogP contribution in [-0.4, -0.2) is 68.3 Å². The number of likely N-dealkylation sites (tertiary alicyclic amines) is 1. The predicted molar refractivity (Wildman–Crippen MR) is 147 cm³/mol. The highest BCUT2D eigenvalue weighted by Crippen LogP contribution is 2.33.